The Morgan fingerprint density at radius 2 is 1.75 bits per heavy atom. The van der Waals surface area contributed by atoms with Crippen LogP contribution in [-0.2, 0) is 19.6 Å². The summed E-state index contributed by atoms with van der Waals surface area (Å²) in [5.41, 5.74) is 0. The normalized spacial score (nSPS) is 12.8. The molecule has 1 rings (SSSR count). The van der Waals surface area contributed by atoms with E-state index in [0.29, 0.717) is 4.47 Å². The van der Waals surface area contributed by atoms with E-state index in [1.807, 2.05) is 4.72 Å². The maximum atomic E-state index is 12.0. The summed E-state index contributed by atoms with van der Waals surface area (Å²) in [4.78, 5) is 21.3. The third-order valence-electron chi connectivity index (χ3n) is 2.37. The molecule has 0 bridgehead atoms. The van der Waals surface area contributed by atoms with E-state index in [0.717, 1.165) is 0 Å². The number of hydrogen-bond acceptors (Lipinski definition) is 4. The molecule has 20 heavy (non-hydrogen) atoms. The number of carboxylic acid groups (broad SMARTS) is 2. The van der Waals surface area contributed by atoms with Crippen LogP contribution < -0.4 is 4.72 Å². The standard InChI is InChI=1S/C11H12BrNO6S/c12-7-1-3-8(4-2-7)20(18,19)13-9(11(16)17)5-6-10(14)15/h1-4,9,13H,5-6H2,(H,14,15)(H,16,17)/t9-/m1/s1. The number of aliphatic carboxylic acids is 2. The first-order valence-corrected chi connectivity index (χ1v) is 7.72. The van der Waals surface area contributed by atoms with Gasteiger partial charge < -0.3 is 10.2 Å². The highest BCUT2D eigenvalue weighted by atomic mass is 79.9. The molecule has 0 aliphatic carbocycles. The van der Waals surface area contributed by atoms with Gasteiger partial charge in [-0.1, -0.05) is 15.9 Å². The summed E-state index contributed by atoms with van der Waals surface area (Å²) >= 11 is 3.15. The molecule has 0 heterocycles. The van der Waals surface area contributed by atoms with Gasteiger partial charge in [0, 0.05) is 10.9 Å². The predicted molar refractivity (Wildman–Crippen MR) is 72.8 cm³/mol. The first kappa shape index (κ1) is 16.6. The average Bonchev–Trinajstić information content (AvgIpc) is 2.34. The van der Waals surface area contributed by atoms with Crippen LogP contribution >= 0.6 is 15.9 Å². The number of carbonyl (C=O) groups is 2. The SMILES string of the molecule is O=C(O)CC[C@@H](NS(=O)(=O)c1ccc(Br)cc1)C(=O)O. The van der Waals surface area contributed by atoms with Gasteiger partial charge in [0.25, 0.3) is 0 Å². The minimum atomic E-state index is -4.01. The second kappa shape index (κ2) is 6.82. The van der Waals surface area contributed by atoms with Crippen molar-refractivity contribution < 1.29 is 28.2 Å². The lowest BCUT2D eigenvalue weighted by Gasteiger charge is -2.13. The Morgan fingerprint density at radius 3 is 2.20 bits per heavy atom. The number of benzene rings is 1. The van der Waals surface area contributed by atoms with Crippen molar-refractivity contribution in [3.63, 3.8) is 0 Å². The van der Waals surface area contributed by atoms with E-state index in [4.69, 9.17) is 10.2 Å². The molecule has 110 valence electrons. The Hall–Kier alpha value is -1.45. The van der Waals surface area contributed by atoms with Crippen LogP contribution in [0.5, 0.6) is 0 Å². The predicted octanol–water partition coefficient (Wildman–Crippen LogP) is 1.05. The lowest BCUT2D eigenvalue weighted by molar-refractivity contribution is -0.140. The van der Waals surface area contributed by atoms with Gasteiger partial charge in [0.2, 0.25) is 10.0 Å². The zero-order valence-electron chi connectivity index (χ0n) is 10.1. The molecule has 0 unspecified atom stereocenters. The van der Waals surface area contributed by atoms with E-state index in [2.05, 4.69) is 15.9 Å². The molecule has 0 aromatic heterocycles. The molecule has 0 saturated carbocycles. The first-order chi connectivity index (χ1) is 9.22. The van der Waals surface area contributed by atoms with Crippen molar-refractivity contribution in [1.29, 1.82) is 0 Å². The van der Waals surface area contributed by atoms with Gasteiger partial charge >= 0.3 is 11.9 Å². The van der Waals surface area contributed by atoms with Gasteiger partial charge in [-0.25, -0.2) is 8.42 Å². The third-order valence-corrected chi connectivity index (χ3v) is 4.38. The quantitative estimate of drug-likeness (QED) is 0.663. The Labute approximate surface area is 123 Å². The fourth-order valence-corrected chi connectivity index (χ4v) is 2.86. The van der Waals surface area contributed by atoms with E-state index in [-0.39, 0.29) is 11.3 Å². The molecule has 0 aliphatic rings. The van der Waals surface area contributed by atoms with E-state index in [1.54, 1.807) is 0 Å². The molecule has 0 radical (unpaired) electrons. The minimum absolute atomic E-state index is 0.0951. The zero-order valence-corrected chi connectivity index (χ0v) is 12.5. The summed E-state index contributed by atoms with van der Waals surface area (Å²) in [5, 5.41) is 17.4. The fourth-order valence-electron chi connectivity index (χ4n) is 1.37. The Morgan fingerprint density at radius 1 is 1.20 bits per heavy atom. The van der Waals surface area contributed by atoms with Gasteiger partial charge in [-0.15, -0.1) is 0 Å². The van der Waals surface area contributed by atoms with Crippen LogP contribution in [0.1, 0.15) is 12.8 Å². The topological polar surface area (TPSA) is 121 Å². The van der Waals surface area contributed by atoms with Crippen molar-refractivity contribution in [2.45, 2.75) is 23.8 Å². The average molecular weight is 366 g/mol. The van der Waals surface area contributed by atoms with Gasteiger partial charge in [-0.2, -0.15) is 4.72 Å². The maximum absolute atomic E-state index is 12.0. The molecule has 1 aromatic carbocycles. The summed E-state index contributed by atoms with van der Waals surface area (Å²) in [6, 6.07) is 4.13. The Balaban J connectivity index is 2.88. The number of halogens is 1. The zero-order chi connectivity index (χ0) is 15.3. The van der Waals surface area contributed by atoms with Crippen LogP contribution in [0.4, 0.5) is 0 Å². The van der Waals surface area contributed by atoms with Crippen LogP contribution in [0.2, 0.25) is 0 Å². The summed E-state index contributed by atoms with van der Waals surface area (Å²) in [5.74, 6) is -2.62. The fraction of sp³-hybridized carbons (Fsp3) is 0.273. The molecular weight excluding hydrogens is 354 g/mol. The van der Waals surface area contributed by atoms with Crippen molar-refractivity contribution in [3.05, 3.63) is 28.7 Å². The van der Waals surface area contributed by atoms with Gasteiger partial charge in [0.05, 0.1) is 4.90 Å². The molecule has 0 fully saturated rings. The van der Waals surface area contributed by atoms with E-state index in [1.165, 1.54) is 24.3 Å². The first-order valence-electron chi connectivity index (χ1n) is 5.45. The molecule has 3 N–H and O–H groups in total. The van der Waals surface area contributed by atoms with Gasteiger partial charge in [-0.3, -0.25) is 9.59 Å². The number of rotatable bonds is 7. The van der Waals surface area contributed by atoms with Gasteiger partial charge in [0.1, 0.15) is 6.04 Å². The maximum Gasteiger partial charge on any atom is 0.321 e. The van der Waals surface area contributed by atoms with E-state index in [9.17, 15) is 18.0 Å². The van der Waals surface area contributed by atoms with E-state index < -0.39 is 34.4 Å². The molecule has 7 nitrogen and oxygen atoms in total. The molecular formula is C11H12BrNO6S. The molecule has 0 amide bonds. The van der Waals surface area contributed by atoms with Gasteiger partial charge in [0.15, 0.2) is 0 Å². The largest absolute Gasteiger partial charge is 0.481 e. The molecule has 0 aliphatic heterocycles. The number of nitrogens with one attached hydrogen (secondary N) is 1. The monoisotopic (exact) mass is 365 g/mol. The van der Waals surface area contributed by atoms with Crippen LogP contribution in [0.25, 0.3) is 0 Å². The van der Waals surface area contributed by atoms with Crippen molar-refractivity contribution in [2.75, 3.05) is 0 Å². The van der Waals surface area contributed by atoms with Crippen molar-refractivity contribution in [2.24, 2.45) is 0 Å². The molecule has 0 spiro atoms. The van der Waals surface area contributed by atoms with Crippen LogP contribution in [0, 0.1) is 0 Å². The van der Waals surface area contributed by atoms with E-state index >= 15 is 0 Å². The van der Waals surface area contributed by atoms with Crippen LogP contribution in [-0.4, -0.2) is 36.6 Å². The van der Waals surface area contributed by atoms with Crippen molar-refractivity contribution in [3.8, 4) is 0 Å². The molecule has 9 heteroatoms. The van der Waals surface area contributed by atoms with Crippen molar-refractivity contribution >= 4 is 37.9 Å². The highest BCUT2D eigenvalue weighted by molar-refractivity contribution is 9.10. The summed E-state index contributed by atoms with van der Waals surface area (Å²) < 4.78 is 26.6. The summed E-state index contributed by atoms with van der Waals surface area (Å²) in [7, 11) is -4.01. The lowest BCUT2D eigenvalue weighted by atomic mass is 10.2. The highest BCUT2D eigenvalue weighted by Crippen LogP contribution is 2.15. The molecule has 0 saturated heterocycles. The summed E-state index contributed by atoms with van der Waals surface area (Å²) in [6.07, 6.45) is -0.778. The number of sulfonamides is 1. The van der Waals surface area contributed by atoms with Crippen LogP contribution in [0.3, 0.4) is 0 Å². The molecule has 1 aromatic rings. The Kier molecular flexibility index (Phi) is 5.66. The lowest BCUT2D eigenvalue weighted by Crippen LogP contribution is -2.41. The highest BCUT2D eigenvalue weighted by Gasteiger charge is 2.25. The van der Waals surface area contributed by atoms with Gasteiger partial charge in [-0.05, 0) is 30.7 Å². The van der Waals surface area contributed by atoms with Crippen molar-refractivity contribution in [1.82, 2.24) is 4.72 Å². The second-order valence-electron chi connectivity index (χ2n) is 3.90. The number of carboxylic acids is 2. The Bertz CT molecular complexity index is 598. The minimum Gasteiger partial charge on any atom is -0.481 e. The third kappa shape index (κ3) is 4.91. The molecule has 1 atom stereocenters. The smallest absolute Gasteiger partial charge is 0.321 e. The van der Waals surface area contributed by atoms with Crippen LogP contribution in [0.15, 0.2) is 33.6 Å². The second-order valence-corrected chi connectivity index (χ2v) is 6.53. The number of hydrogen-bond donors (Lipinski definition) is 3. The summed E-state index contributed by atoms with van der Waals surface area (Å²) in [6.45, 7) is 0.